The second kappa shape index (κ2) is 8.36. The summed E-state index contributed by atoms with van der Waals surface area (Å²) in [6.45, 7) is 2.99. The Labute approximate surface area is 129 Å². The van der Waals surface area contributed by atoms with Crippen molar-refractivity contribution in [1.82, 2.24) is 10.2 Å². The predicted molar refractivity (Wildman–Crippen MR) is 79.6 cm³/mol. The molecule has 0 aromatic heterocycles. The van der Waals surface area contributed by atoms with Gasteiger partial charge in [-0.3, -0.25) is 4.90 Å². The van der Waals surface area contributed by atoms with E-state index < -0.39 is 6.61 Å². The second-order valence-electron chi connectivity index (χ2n) is 4.89. The normalized spacial score (nSPS) is 19.2. The van der Waals surface area contributed by atoms with E-state index in [-0.39, 0.29) is 18.2 Å². The van der Waals surface area contributed by atoms with E-state index in [0.29, 0.717) is 11.8 Å². The number of halogens is 3. The maximum Gasteiger partial charge on any atom is 0.387 e. The fourth-order valence-electron chi connectivity index (χ4n) is 2.36. The molecule has 0 spiro atoms. The first-order chi connectivity index (χ1) is 9.60. The lowest BCUT2D eigenvalue weighted by atomic mass is 10.1. The van der Waals surface area contributed by atoms with Gasteiger partial charge in [0.15, 0.2) is 11.5 Å². The maximum absolute atomic E-state index is 12.3. The SMILES string of the molecule is COc1cc(CN2CCNCC2C)ccc1OC(F)F.Cl. The lowest BCUT2D eigenvalue weighted by Crippen LogP contribution is -2.49. The van der Waals surface area contributed by atoms with Gasteiger partial charge in [0.1, 0.15) is 0 Å². The zero-order chi connectivity index (χ0) is 14.5. The summed E-state index contributed by atoms with van der Waals surface area (Å²) in [6.07, 6.45) is 0. The number of rotatable bonds is 5. The third-order valence-electron chi connectivity index (χ3n) is 3.47. The fraction of sp³-hybridized carbons (Fsp3) is 0.571. The molecule has 120 valence electrons. The Morgan fingerprint density at radius 1 is 1.38 bits per heavy atom. The summed E-state index contributed by atoms with van der Waals surface area (Å²) in [6, 6.07) is 5.54. The average Bonchev–Trinajstić information content (AvgIpc) is 2.42. The Morgan fingerprint density at radius 2 is 2.14 bits per heavy atom. The van der Waals surface area contributed by atoms with Crippen LogP contribution in [0.2, 0.25) is 0 Å². The van der Waals surface area contributed by atoms with E-state index in [2.05, 4.69) is 21.9 Å². The van der Waals surface area contributed by atoms with Gasteiger partial charge in [-0.2, -0.15) is 8.78 Å². The molecule has 1 fully saturated rings. The van der Waals surface area contributed by atoms with Gasteiger partial charge in [-0.05, 0) is 24.6 Å². The Kier molecular flexibility index (Phi) is 7.14. The molecule has 1 heterocycles. The first-order valence-corrected chi connectivity index (χ1v) is 6.66. The lowest BCUT2D eigenvalue weighted by molar-refractivity contribution is -0.0512. The number of nitrogens with zero attached hydrogens (tertiary/aromatic N) is 1. The first kappa shape index (κ1) is 17.9. The number of benzene rings is 1. The van der Waals surface area contributed by atoms with Gasteiger partial charge in [0, 0.05) is 32.2 Å². The minimum Gasteiger partial charge on any atom is -0.493 e. The van der Waals surface area contributed by atoms with Crippen LogP contribution in [0.4, 0.5) is 8.78 Å². The third-order valence-corrected chi connectivity index (χ3v) is 3.47. The van der Waals surface area contributed by atoms with Crippen LogP contribution in [0, 0.1) is 0 Å². The molecule has 0 aliphatic carbocycles. The Hall–Kier alpha value is -1.11. The van der Waals surface area contributed by atoms with E-state index in [4.69, 9.17) is 4.74 Å². The van der Waals surface area contributed by atoms with Crippen molar-refractivity contribution in [3.8, 4) is 11.5 Å². The molecule has 1 N–H and O–H groups in total. The number of nitrogens with one attached hydrogen (secondary N) is 1. The smallest absolute Gasteiger partial charge is 0.387 e. The van der Waals surface area contributed by atoms with Gasteiger partial charge in [0.2, 0.25) is 0 Å². The van der Waals surface area contributed by atoms with Crippen molar-refractivity contribution in [2.24, 2.45) is 0 Å². The van der Waals surface area contributed by atoms with E-state index in [9.17, 15) is 8.78 Å². The molecule has 1 aromatic rings. The average molecular weight is 323 g/mol. The van der Waals surface area contributed by atoms with Gasteiger partial charge >= 0.3 is 6.61 Å². The van der Waals surface area contributed by atoms with Crippen molar-refractivity contribution in [2.75, 3.05) is 26.7 Å². The monoisotopic (exact) mass is 322 g/mol. The van der Waals surface area contributed by atoms with Gasteiger partial charge in [-0.15, -0.1) is 12.4 Å². The molecule has 0 radical (unpaired) electrons. The van der Waals surface area contributed by atoms with E-state index in [1.807, 2.05) is 0 Å². The zero-order valence-electron chi connectivity index (χ0n) is 12.1. The van der Waals surface area contributed by atoms with Crippen LogP contribution >= 0.6 is 12.4 Å². The van der Waals surface area contributed by atoms with Crippen LogP contribution in [-0.2, 0) is 6.54 Å². The number of methoxy groups -OCH3 is 1. The van der Waals surface area contributed by atoms with Crippen molar-refractivity contribution in [3.63, 3.8) is 0 Å². The Morgan fingerprint density at radius 3 is 2.76 bits per heavy atom. The molecule has 0 bridgehead atoms. The van der Waals surface area contributed by atoms with Crippen molar-refractivity contribution in [1.29, 1.82) is 0 Å². The molecule has 0 saturated carbocycles. The first-order valence-electron chi connectivity index (χ1n) is 6.66. The highest BCUT2D eigenvalue weighted by molar-refractivity contribution is 5.85. The molecule has 1 aliphatic rings. The summed E-state index contributed by atoms with van der Waals surface area (Å²) in [5, 5.41) is 3.33. The van der Waals surface area contributed by atoms with E-state index >= 15 is 0 Å². The molecule has 0 amide bonds. The molecule has 21 heavy (non-hydrogen) atoms. The van der Waals surface area contributed by atoms with Crippen LogP contribution in [0.15, 0.2) is 18.2 Å². The highest BCUT2D eigenvalue weighted by Crippen LogP contribution is 2.30. The topological polar surface area (TPSA) is 33.7 Å². The van der Waals surface area contributed by atoms with Crippen LogP contribution in [0.1, 0.15) is 12.5 Å². The highest BCUT2D eigenvalue weighted by atomic mass is 35.5. The van der Waals surface area contributed by atoms with Gasteiger partial charge in [0.25, 0.3) is 0 Å². The molecule has 1 atom stereocenters. The van der Waals surface area contributed by atoms with Crippen molar-refractivity contribution < 1.29 is 18.3 Å². The summed E-state index contributed by atoms with van der Waals surface area (Å²) in [5.41, 5.74) is 1.03. The van der Waals surface area contributed by atoms with Crippen molar-refractivity contribution >= 4 is 12.4 Å². The number of alkyl halides is 2. The Bertz CT molecular complexity index is 449. The number of ether oxygens (including phenoxy) is 2. The van der Waals surface area contributed by atoms with Gasteiger partial charge in [-0.1, -0.05) is 6.07 Å². The standard InChI is InChI=1S/C14H20F2N2O2.ClH/c1-10-8-17-5-6-18(10)9-11-3-4-12(20-14(15)16)13(7-11)19-2;/h3-4,7,10,14,17H,5-6,8-9H2,1-2H3;1H. The maximum atomic E-state index is 12.3. The van der Waals surface area contributed by atoms with Crippen molar-refractivity contribution in [3.05, 3.63) is 23.8 Å². The zero-order valence-corrected chi connectivity index (χ0v) is 13.0. The van der Waals surface area contributed by atoms with Gasteiger partial charge < -0.3 is 14.8 Å². The van der Waals surface area contributed by atoms with Gasteiger partial charge in [0.05, 0.1) is 7.11 Å². The molecule has 1 saturated heterocycles. The minimum absolute atomic E-state index is 0. The highest BCUT2D eigenvalue weighted by Gasteiger charge is 2.19. The number of hydrogen-bond donors (Lipinski definition) is 1. The molecule has 4 nitrogen and oxygen atoms in total. The van der Waals surface area contributed by atoms with Gasteiger partial charge in [-0.25, -0.2) is 0 Å². The summed E-state index contributed by atoms with van der Waals surface area (Å²) in [4.78, 5) is 2.35. The van der Waals surface area contributed by atoms with Crippen LogP contribution in [-0.4, -0.2) is 44.3 Å². The summed E-state index contributed by atoms with van der Waals surface area (Å²) < 4.78 is 34.1. The lowest BCUT2D eigenvalue weighted by Gasteiger charge is -2.34. The fourth-order valence-corrected chi connectivity index (χ4v) is 2.36. The second-order valence-corrected chi connectivity index (χ2v) is 4.89. The summed E-state index contributed by atoms with van der Waals surface area (Å²) in [5.74, 6) is 0.408. The largest absolute Gasteiger partial charge is 0.493 e. The van der Waals surface area contributed by atoms with E-state index in [0.717, 1.165) is 31.7 Å². The molecule has 1 aromatic carbocycles. The molecular formula is C14H21ClF2N2O2. The van der Waals surface area contributed by atoms with E-state index in [1.54, 1.807) is 12.1 Å². The van der Waals surface area contributed by atoms with E-state index in [1.165, 1.54) is 13.2 Å². The number of piperazine rings is 1. The predicted octanol–water partition coefficient (Wildman–Crippen LogP) is 2.51. The molecule has 7 heteroatoms. The third kappa shape index (κ3) is 4.98. The number of hydrogen-bond acceptors (Lipinski definition) is 4. The minimum atomic E-state index is -2.84. The van der Waals surface area contributed by atoms with Crippen LogP contribution in [0.5, 0.6) is 11.5 Å². The quantitative estimate of drug-likeness (QED) is 0.903. The molecule has 1 aliphatic heterocycles. The molecule has 1 unspecified atom stereocenters. The van der Waals surface area contributed by atoms with Crippen molar-refractivity contribution in [2.45, 2.75) is 26.1 Å². The molecular weight excluding hydrogens is 302 g/mol. The summed E-state index contributed by atoms with van der Waals surface area (Å²) >= 11 is 0. The molecule has 2 rings (SSSR count). The van der Waals surface area contributed by atoms with Crippen LogP contribution < -0.4 is 14.8 Å². The Balaban J connectivity index is 0.00000220. The van der Waals surface area contributed by atoms with Crippen LogP contribution in [0.25, 0.3) is 0 Å². The summed E-state index contributed by atoms with van der Waals surface area (Å²) in [7, 11) is 1.45. The van der Waals surface area contributed by atoms with Crippen LogP contribution in [0.3, 0.4) is 0 Å².